The molecule has 2 unspecified atom stereocenters. The predicted octanol–water partition coefficient (Wildman–Crippen LogP) is 1.93. The SMILES string of the molecule is CC1C(C)(C)CCC1(C)C(N)=O. The molecule has 1 rings (SSSR count). The summed E-state index contributed by atoms with van der Waals surface area (Å²) in [5.41, 5.74) is 5.40. The Hall–Kier alpha value is -0.530. The van der Waals surface area contributed by atoms with Gasteiger partial charge in [0.1, 0.15) is 0 Å². The maximum Gasteiger partial charge on any atom is 0.223 e. The van der Waals surface area contributed by atoms with E-state index in [9.17, 15) is 4.79 Å². The van der Waals surface area contributed by atoms with Gasteiger partial charge in [-0.05, 0) is 24.2 Å². The molecule has 2 N–H and O–H groups in total. The number of amides is 1. The topological polar surface area (TPSA) is 43.1 Å². The van der Waals surface area contributed by atoms with Crippen molar-refractivity contribution in [2.45, 2.75) is 40.5 Å². The monoisotopic (exact) mass is 169 g/mol. The molecular weight excluding hydrogens is 150 g/mol. The van der Waals surface area contributed by atoms with Gasteiger partial charge in [-0.1, -0.05) is 27.7 Å². The second-order valence-electron chi connectivity index (χ2n) is 4.99. The number of hydrogen-bond donors (Lipinski definition) is 1. The summed E-state index contributed by atoms with van der Waals surface area (Å²) in [5, 5.41) is 0. The lowest BCUT2D eigenvalue weighted by atomic mass is 9.72. The highest BCUT2D eigenvalue weighted by atomic mass is 16.1. The minimum Gasteiger partial charge on any atom is -0.369 e. The van der Waals surface area contributed by atoms with E-state index in [-0.39, 0.29) is 16.7 Å². The van der Waals surface area contributed by atoms with Crippen molar-refractivity contribution in [1.29, 1.82) is 0 Å². The number of hydrogen-bond acceptors (Lipinski definition) is 1. The van der Waals surface area contributed by atoms with Gasteiger partial charge in [-0.3, -0.25) is 4.79 Å². The Bertz CT molecular complexity index is 210. The Labute approximate surface area is 74.5 Å². The van der Waals surface area contributed by atoms with Crippen molar-refractivity contribution in [3.8, 4) is 0 Å². The maximum atomic E-state index is 11.2. The van der Waals surface area contributed by atoms with Crippen molar-refractivity contribution >= 4 is 5.91 Å². The Morgan fingerprint density at radius 1 is 1.33 bits per heavy atom. The fourth-order valence-electron chi connectivity index (χ4n) is 2.21. The Morgan fingerprint density at radius 2 is 1.83 bits per heavy atom. The fraction of sp³-hybridized carbons (Fsp3) is 0.900. The van der Waals surface area contributed by atoms with Crippen LogP contribution in [0.3, 0.4) is 0 Å². The van der Waals surface area contributed by atoms with Crippen LogP contribution in [-0.4, -0.2) is 5.91 Å². The molecule has 0 aliphatic heterocycles. The maximum absolute atomic E-state index is 11.2. The average Bonchev–Trinajstić information content (AvgIpc) is 2.15. The van der Waals surface area contributed by atoms with Crippen molar-refractivity contribution in [2.24, 2.45) is 22.5 Å². The van der Waals surface area contributed by atoms with Gasteiger partial charge in [0.15, 0.2) is 0 Å². The molecular formula is C10H19NO. The molecule has 0 saturated heterocycles. The van der Waals surface area contributed by atoms with Crippen molar-refractivity contribution < 1.29 is 4.79 Å². The third-order valence-corrected chi connectivity index (χ3v) is 3.98. The molecule has 1 aliphatic rings. The van der Waals surface area contributed by atoms with E-state index in [2.05, 4.69) is 20.8 Å². The summed E-state index contributed by atoms with van der Waals surface area (Å²) in [7, 11) is 0. The summed E-state index contributed by atoms with van der Waals surface area (Å²) in [6.07, 6.45) is 2.05. The summed E-state index contributed by atoms with van der Waals surface area (Å²) in [5.74, 6) is 0.253. The molecule has 0 radical (unpaired) electrons. The molecule has 0 bridgehead atoms. The molecule has 0 heterocycles. The van der Waals surface area contributed by atoms with Gasteiger partial charge >= 0.3 is 0 Å². The van der Waals surface area contributed by atoms with E-state index in [0.29, 0.717) is 5.92 Å². The zero-order chi connectivity index (χ0) is 9.57. The number of nitrogens with two attached hydrogens (primary N) is 1. The van der Waals surface area contributed by atoms with Gasteiger partial charge in [-0.2, -0.15) is 0 Å². The van der Waals surface area contributed by atoms with Gasteiger partial charge in [0, 0.05) is 5.41 Å². The van der Waals surface area contributed by atoms with Crippen LogP contribution in [-0.2, 0) is 4.79 Å². The van der Waals surface area contributed by atoms with Crippen molar-refractivity contribution in [2.75, 3.05) is 0 Å². The van der Waals surface area contributed by atoms with E-state index < -0.39 is 0 Å². The second kappa shape index (κ2) is 2.48. The number of carbonyl (C=O) groups is 1. The summed E-state index contributed by atoms with van der Waals surface area (Å²) < 4.78 is 0. The normalized spacial score (nSPS) is 39.8. The fourth-order valence-corrected chi connectivity index (χ4v) is 2.21. The van der Waals surface area contributed by atoms with Crippen LogP contribution in [0.5, 0.6) is 0 Å². The summed E-state index contributed by atoms with van der Waals surface area (Å²) in [4.78, 5) is 11.2. The third-order valence-electron chi connectivity index (χ3n) is 3.98. The first-order valence-corrected chi connectivity index (χ1v) is 4.60. The molecule has 2 nitrogen and oxygen atoms in total. The van der Waals surface area contributed by atoms with Gasteiger partial charge < -0.3 is 5.73 Å². The molecule has 1 saturated carbocycles. The van der Waals surface area contributed by atoms with Crippen molar-refractivity contribution in [3.05, 3.63) is 0 Å². The molecule has 2 heteroatoms. The first-order chi connectivity index (χ1) is 5.31. The summed E-state index contributed by atoms with van der Waals surface area (Å²) >= 11 is 0. The van der Waals surface area contributed by atoms with Gasteiger partial charge in [0.2, 0.25) is 5.91 Å². The molecule has 0 aromatic rings. The molecule has 70 valence electrons. The van der Waals surface area contributed by atoms with E-state index in [0.717, 1.165) is 12.8 Å². The standard InChI is InChI=1S/C10H19NO/c1-7-9(2,3)5-6-10(7,4)8(11)12/h7H,5-6H2,1-4H3,(H2,11,12). The molecule has 0 aromatic carbocycles. The minimum absolute atomic E-state index is 0.138. The predicted molar refractivity (Wildman–Crippen MR) is 49.5 cm³/mol. The number of primary amides is 1. The lowest BCUT2D eigenvalue weighted by Gasteiger charge is -2.32. The van der Waals surface area contributed by atoms with E-state index in [4.69, 9.17) is 5.73 Å². The van der Waals surface area contributed by atoms with E-state index in [1.807, 2.05) is 6.92 Å². The molecule has 1 aliphatic carbocycles. The van der Waals surface area contributed by atoms with E-state index >= 15 is 0 Å². The lowest BCUT2D eigenvalue weighted by Crippen LogP contribution is -2.39. The molecule has 1 amide bonds. The van der Waals surface area contributed by atoms with Crippen LogP contribution in [0.25, 0.3) is 0 Å². The van der Waals surface area contributed by atoms with Crippen LogP contribution in [0.2, 0.25) is 0 Å². The van der Waals surface area contributed by atoms with Crippen LogP contribution in [0.1, 0.15) is 40.5 Å². The van der Waals surface area contributed by atoms with Gasteiger partial charge in [-0.15, -0.1) is 0 Å². The minimum atomic E-state index is -0.274. The largest absolute Gasteiger partial charge is 0.369 e. The molecule has 12 heavy (non-hydrogen) atoms. The smallest absolute Gasteiger partial charge is 0.223 e. The van der Waals surface area contributed by atoms with Crippen molar-refractivity contribution in [1.82, 2.24) is 0 Å². The lowest BCUT2D eigenvalue weighted by molar-refractivity contribution is -0.129. The number of rotatable bonds is 1. The van der Waals surface area contributed by atoms with Crippen LogP contribution in [0.4, 0.5) is 0 Å². The molecule has 0 aromatic heterocycles. The van der Waals surface area contributed by atoms with Crippen LogP contribution < -0.4 is 5.73 Å². The highest BCUT2D eigenvalue weighted by Gasteiger charge is 2.50. The first-order valence-electron chi connectivity index (χ1n) is 4.60. The first kappa shape index (κ1) is 9.56. The molecule has 0 spiro atoms. The Balaban J connectivity index is 2.93. The van der Waals surface area contributed by atoms with Crippen LogP contribution in [0, 0.1) is 16.7 Å². The average molecular weight is 169 g/mol. The van der Waals surface area contributed by atoms with Gasteiger partial charge in [0.25, 0.3) is 0 Å². The zero-order valence-electron chi connectivity index (χ0n) is 8.48. The Kier molecular flexibility index (Phi) is 1.97. The van der Waals surface area contributed by atoms with Crippen molar-refractivity contribution in [3.63, 3.8) is 0 Å². The highest BCUT2D eigenvalue weighted by molar-refractivity contribution is 5.81. The molecule has 1 fully saturated rings. The zero-order valence-corrected chi connectivity index (χ0v) is 8.48. The summed E-state index contributed by atoms with van der Waals surface area (Å²) in [6, 6.07) is 0. The molecule has 2 atom stereocenters. The number of carbonyl (C=O) groups excluding carboxylic acids is 1. The van der Waals surface area contributed by atoms with Gasteiger partial charge in [0.05, 0.1) is 0 Å². The van der Waals surface area contributed by atoms with E-state index in [1.165, 1.54) is 0 Å². The van der Waals surface area contributed by atoms with E-state index in [1.54, 1.807) is 0 Å². The Morgan fingerprint density at radius 3 is 2.00 bits per heavy atom. The summed E-state index contributed by atoms with van der Waals surface area (Å²) in [6.45, 7) is 8.56. The van der Waals surface area contributed by atoms with Crippen LogP contribution >= 0.6 is 0 Å². The highest BCUT2D eigenvalue weighted by Crippen LogP contribution is 2.53. The third kappa shape index (κ3) is 1.13. The van der Waals surface area contributed by atoms with Gasteiger partial charge in [-0.25, -0.2) is 0 Å². The quantitative estimate of drug-likeness (QED) is 0.640. The van der Waals surface area contributed by atoms with Crippen LogP contribution in [0.15, 0.2) is 0 Å². The second-order valence-corrected chi connectivity index (χ2v) is 4.99.